The van der Waals surface area contributed by atoms with Gasteiger partial charge in [-0.25, -0.2) is 0 Å². The summed E-state index contributed by atoms with van der Waals surface area (Å²) in [5, 5.41) is 2.81. The van der Waals surface area contributed by atoms with Gasteiger partial charge in [-0.05, 0) is 36.5 Å². The molecule has 22 heavy (non-hydrogen) atoms. The van der Waals surface area contributed by atoms with E-state index in [4.69, 9.17) is 10.5 Å². The Balaban J connectivity index is 1.89. The van der Waals surface area contributed by atoms with Gasteiger partial charge < -0.3 is 20.5 Å². The maximum Gasteiger partial charge on any atom is 0.309 e. The first-order valence-electron chi connectivity index (χ1n) is 7.40. The van der Waals surface area contributed by atoms with Crippen LogP contribution < -0.4 is 11.1 Å². The largest absolute Gasteiger partial charge is 0.469 e. The third kappa shape index (κ3) is 4.54. The van der Waals surface area contributed by atoms with E-state index < -0.39 is 6.04 Å². The summed E-state index contributed by atoms with van der Waals surface area (Å²) in [4.78, 5) is 23.4. The Kier molecular flexibility index (Phi) is 5.91. The van der Waals surface area contributed by atoms with Crippen LogP contribution in [0.4, 0.5) is 5.69 Å². The molecule has 6 nitrogen and oxygen atoms in total. The maximum absolute atomic E-state index is 12.2. The van der Waals surface area contributed by atoms with Crippen LogP contribution in [0.5, 0.6) is 0 Å². The third-order valence-corrected chi connectivity index (χ3v) is 3.87. The minimum absolute atomic E-state index is 0.160. The number of anilines is 1. The quantitative estimate of drug-likeness (QED) is 0.795. The average molecular weight is 306 g/mol. The lowest BCUT2D eigenvalue weighted by Crippen LogP contribution is -2.43. The zero-order valence-corrected chi connectivity index (χ0v) is 12.7. The number of rotatable bonds is 5. The van der Waals surface area contributed by atoms with Crippen molar-refractivity contribution in [3.8, 4) is 0 Å². The van der Waals surface area contributed by atoms with Crippen molar-refractivity contribution in [3.63, 3.8) is 0 Å². The van der Waals surface area contributed by atoms with Gasteiger partial charge in [-0.15, -0.1) is 0 Å². The first-order chi connectivity index (χ1) is 10.6. The van der Waals surface area contributed by atoms with Gasteiger partial charge in [-0.1, -0.05) is 12.1 Å². The molecule has 0 aliphatic carbocycles. The molecule has 6 heteroatoms. The summed E-state index contributed by atoms with van der Waals surface area (Å²) < 4.78 is 9.89. The molecular formula is C16H22N2O4. The van der Waals surface area contributed by atoms with Crippen LogP contribution in [0.2, 0.25) is 0 Å². The highest BCUT2D eigenvalue weighted by atomic mass is 16.5. The van der Waals surface area contributed by atoms with Crippen LogP contribution in [-0.2, 0) is 25.5 Å². The molecule has 1 heterocycles. The van der Waals surface area contributed by atoms with E-state index in [0.29, 0.717) is 18.9 Å². The summed E-state index contributed by atoms with van der Waals surface area (Å²) in [6, 6.07) is 6.55. The fourth-order valence-electron chi connectivity index (χ4n) is 2.46. The zero-order valence-electron chi connectivity index (χ0n) is 12.7. The molecule has 0 saturated carbocycles. The van der Waals surface area contributed by atoms with Gasteiger partial charge in [0.1, 0.15) is 0 Å². The van der Waals surface area contributed by atoms with E-state index in [-0.39, 0.29) is 24.2 Å². The molecule has 1 amide bonds. The Morgan fingerprint density at radius 3 is 2.55 bits per heavy atom. The van der Waals surface area contributed by atoms with Crippen molar-refractivity contribution >= 4 is 17.6 Å². The van der Waals surface area contributed by atoms with Crippen molar-refractivity contribution in [2.75, 3.05) is 25.6 Å². The Labute approximate surface area is 130 Å². The number of carbonyl (C=O) groups is 2. The van der Waals surface area contributed by atoms with E-state index >= 15 is 0 Å². The fraction of sp³-hybridized carbons (Fsp3) is 0.500. The van der Waals surface area contributed by atoms with Crippen molar-refractivity contribution in [1.29, 1.82) is 0 Å². The Bertz CT molecular complexity index is 509. The number of hydrogen-bond acceptors (Lipinski definition) is 5. The molecule has 3 N–H and O–H groups in total. The number of nitrogens with one attached hydrogen (secondary N) is 1. The van der Waals surface area contributed by atoms with E-state index in [0.717, 1.165) is 18.4 Å². The van der Waals surface area contributed by atoms with Gasteiger partial charge in [0, 0.05) is 18.9 Å². The van der Waals surface area contributed by atoms with Crippen molar-refractivity contribution in [3.05, 3.63) is 29.8 Å². The van der Waals surface area contributed by atoms with Gasteiger partial charge in [0.25, 0.3) is 0 Å². The van der Waals surface area contributed by atoms with Crippen LogP contribution in [0, 0.1) is 5.92 Å². The fourth-order valence-corrected chi connectivity index (χ4v) is 2.46. The average Bonchev–Trinajstić information content (AvgIpc) is 2.56. The number of nitrogens with two attached hydrogens (primary N) is 1. The van der Waals surface area contributed by atoms with Crippen LogP contribution in [0.15, 0.2) is 24.3 Å². The second-order valence-electron chi connectivity index (χ2n) is 5.41. The smallest absolute Gasteiger partial charge is 0.309 e. The molecule has 120 valence electrons. The van der Waals surface area contributed by atoms with Crippen molar-refractivity contribution in [2.45, 2.75) is 25.3 Å². The monoisotopic (exact) mass is 306 g/mol. The summed E-state index contributed by atoms with van der Waals surface area (Å²) in [5.74, 6) is -0.321. The predicted molar refractivity (Wildman–Crippen MR) is 82.3 cm³/mol. The van der Waals surface area contributed by atoms with Gasteiger partial charge in [0.05, 0.1) is 19.6 Å². The van der Waals surface area contributed by atoms with Gasteiger partial charge >= 0.3 is 5.97 Å². The first-order valence-corrected chi connectivity index (χ1v) is 7.40. The number of carbonyl (C=O) groups excluding carboxylic acids is 2. The number of amides is 1. The normalized spacial score (nSPS) is 16.8. The Morgan fingerprint density at radius 1 is 1.32 bits per heavy atom. The molecule has 0 radical (unpaired) electrons. The molecule has 1 fully saturated rings. The minimum Gasteiger partial charge on any atom is -0.469 e. The third-order valence-electron chi connectivity index (χ3n) is 3.87. The predicted octanol–water partition coefficient (Wildman–Crippen LogP) is 1.09. The summed E-state index contributed by atoms with van der Waals surface area (Å²) >= 11 is 0. The van der Waals surface area contributed by atoms with Crippen LogP contribution in [0.25, 0.3) is 0 Å². The highest BCUT2D eigenvalue weighted by molar-refractivity contribution is 5.94. The van der Waals surface area contributed by atoms with E-state index in [1.807, 2.05) is 0 Å². The van der Waals surface area contributed by atoms with Gasteiger partial charge in [-0.2, -0.15) is 0 Å². The molecule has 1 aromatic carbocycles. The van der Waals surface area contributed by atoms with Crippen LogP contribution in [0.1, 0.15) is 18.4 Å². The minimum atomic E-state index is -0.529. The number of benzene rings is 1. The van der Waals surface area contributed by atoms with Gasteiger partial charge in [-0.3, -0.25) is 9.59 Å². The topological polar surface area (TPSA) is 90.7 Å². The van der Waals surface area contributed by atoms with Crippen molar-refractivity contribution in [1.82, 2.24) is 0 Å². The lowest BCUT2D eigenvalue weighted by Gasteiger charge is -2.26. The van der Waals surface area contributed by atoms with E-state index in [9.17, 15) is 9.59 Å². The second-order valence-corrected chi connectivity index (χ2v) is 5.41. The maximum atomic E-state index is 12.2. The summed E-state index contributed by atoms with van der Waals surface area (Å²) in [5.41, 5.74) is 7.52. The van der Waals surface area contributed by atoms with Gasteiger partial charge in [0.2, 0.25) is 5.91 Å². The molecule has 0 spiro atoms. The Morgan fingerprint density at radius 2 is 1.95 bits per heavy atom. The molecular weight excluding hydrogens is 284 g/mol. The summed E-state index contributed by atoms with van der Waals surface area (Å²) in [7, 11) is 1.36. The molecule has 2 rings (SSSR count). The summed E-state index contributed by atoms with van der Waals surface area (Å²) in [6.45, 7) is 1.32. The van der Waals surface area contributed by atoms with E-state index in [1.54, 1.807) is 24.3 Å². The van der Waals surface area contributed by atoms with Crippen LogP contribution >= 0.6 is 0 Å². The lowest BCUT2D eigenvalue weighted by molar-refractivity contribution is -0.139. The Hall–Kier alpha value is -1.92. The molecule has 1 aliphatic rings. The van der Waals surface area contributed by atoms with Crippen molar-refractivity contribution < 1.29 is 19.1 Å². The molecule has 0 bridgehead atoms. The van der Waals surface area contributed by atoms with Crippen LogP contribution in [0.3, 0.4) is 0 Å². The highest BCUT2D eigenvalue weighted by Gasteiger charge is 2.26. The molecule has 1 atom stereocenters. The highest BCUT2D eigenvalue weighted by Crippen LogP contribution is 2.19. The molecule has 0 aromatic heterocycles. The zero-order chi connectivity index (χ0) is 15.9. The van der Waals surface area contributed by atoms with E-state index in [1.165, 1.54) is 7.11 Å². The first kappa shape index (κ1) is 16.5. The number of ether oxygens (including phenoxy) is 2. The number of esters is 1. The number of hydrogen-bond donors (Lipinski definition) is 2. The SMILES string of the molecule is COC(=O)Cc1ccc(NC(=O)C(N)C2CCOCC2)cc1. The summed E-state index contributed by atoms with van der Waals surface area (Å²) in [6.07, 6.45) is 1.84. The van der Waals surface area contributed by atoms with Gasteiger partial charge in [0.15, 0.2) is 0 Å². The van der Waals surface area contributed by atoms with E-state index in [2.05, 4.69) is 10.1 Å². The molecule has 1 unspecified atom stereocenters. The molecule has 1 aliphatic heterocycles. The lowest BCUT2D eigenvalue weighted by atomic mass is 9.92. The molecule has 1 saturated heterocycles. The van der Waals surface area contributed by atoms with Crippen LogP contribution in [-0.4, -0.2) is 38.2 Å². The molecule has 1 aromatic rings. The number of methoxy groups -OCH3 is 1. The second kappa shape index (κ2) is 7.91. The standard InChI is InChI=1S/C16H22N2O4/c1-21-14(19)10-11-2-4-13(5-3-11)18-16(20)15(17)12-6-8-22-9-7-12/h2-5,12,15H,6-10,17H2,1H3,(H,18,20). The van der Waals surface area contributed by atoms with Crippen molar-refractivity contribution in [2.24, 2.45) is 11.7 Å².